The second-order valence-corrected chi connectivity index (χ2v) is 4.40. The molecule has 94 valence electrons. The van der Waals surface area contributed by atoms with Gasteiger partial charge in [0.2, 0.25) is 0 Å². The van der Waals surface area contributed by atoms with Crippen molar-refractivity contribution in [1.82, 2.24) is 0 Å². The molecule has 0 aromatic rings. The van der Waals surface area contributed by atoms with E-state index in [9.17, 15) is 4.79 Å². The lowest BCUT2D eigenvalue weighted by Gasteiger charge is -2.06. The molecule has 0 saturated heterocycles. The number of ether oxygens (including phenoxy) is 1. The Balaban J connectivity index is 3.28. The summed E-state index contributed by atoms with van der Waals surface area (Å²) in [5, 5.41) is 0. The summed E-state index contributed by atoms with van der Waals surface area (Å²) in [6.07, 6.45) is 11.9. The molecule has 0 rings (SSSR count). The zero-order valence-corrected chi connectivity index (χ0v) is 11.0. The fourth-order valence-electron chi connectivity index (χ4n) is 1.43. The van der Waals surface area contributed by atoms with E-state index in [1.807, 2.05) is 13.8 Å². The van der Waals surface area contributed by atoms with Gasteiger partial charge in [0.05, 0.1) is 6.10 Å². The number of unbranched alkanes of at least 4 members (excludes halogenated alkanes) is 4. The van der Waals surface area contributed by atoms with E-state index in [0.717, 1.165) is 12.8 Å². The van der Waals surface area contributed by atoms with Gasteiger partial charge in [-0.15, -0.1) is 0 Å². The quantitative estimate of drug-likeness (QED) is 0.334. The van der Waals surface area contributed by atoms with Gasteiger partial charge >= 0.3 is 5.97 Å². The lowest BCUT2D eigenvalue weighted by molar-refractivity contribution is -0.147. The largest absolute Gasteiger partial charge is 0.463 e. The van der Waals surface area contributed by atoms with Gasteiger partial charge in [0.15, 0.2) is 0 Å². The van der Waals surface area contributed by atoms with Gasteiger partial charge in [-0.05, 0) is 39.5 Å². The van der Waals surface area contributed by atoms with E-state index in [2.05, 4.69) is 19.1 Å². The summed E-state index contributed by atoms with van der Waals surface area (Å²) in [5.41, 5.74) is 0. The molecule has 16 heavy (non-hydrogen) atoms. The maximum absolute atomic E-state index is 11.2. The van der Waals surface area contributed by atoms with Crippen LogP contribution in [0.3, 0.4) is 0 Å². The average molecular weight is 226 g/mol. The van der Waals surface area contributed by atoms with E-state index in [1.54, 1.807) is 0 Å². The molecule has 0 bridgehead atoms. The van der Waals surface area contributed by atoms with Crippen LogP contribution < -0.4 is 0 Å². The van der Waals surface area contributed by atoms with Crippen molar-refractivity contribution in [3.63, 3.8) is 0 Å². The third-order valence-electron chi connectivity index (χ3n) is 2.26. The van der Waals surface area contributed by atoms with Gasteiger partial charge in [-0.25, -0.2) is 0 Å². The fraction of sp³-hybridized carbons (Fsp3) is 0.786. The van der Waals surface area contributed by atoms with Gasteiger partial charge in [0.25, 0.3) is 0 Å². The van der Waals surface area contributed by atoms with Crippen molar-refractivity contribution in [3.8, 4) is 0 Å². The van der Waals surface area contributed by atoms with Crippen LogP contribution in [0.4, 0.5) is 0 Å². The van der Waals surface area contributed by atoms with Crippen LogP contribution in [0.15, 0.2) is 12.2 Å². The number of rotatable bonds is 9. The maximum Gasteiger partial charge on any atom is 0.306 e. The molecule has 2 nitrogen and oxygen atoms in total. The summed E-state index contributed by atoms with van der Waals surface area (Å²) in [4.78, 5) is 11.2. The summed E-state index contributed by atoms with van der Waals surface area (Å²) < 4.78 is 5.05. The Kier molecular flexibility index (Phi) is 10.2. The highest BCUT2D eigenvalue weighted by molar-refractivity contribution is 5.69. The Hall–Kier alpha value is -0.790. The first-order valence-electron chi connectivity index (χ1n) is 6.51. The van der Waals surface area contributed by atoms with E-state index in [0.29, 0.717) is 6.42 Å². The summed E-state index contributed by atoms with van der Waals surface area (Å²) in [6, 6.07) is 0. The van der Waals surface area contributed by atoms with Crippen molar-refractivity contribution in [2.45, 2.75) is 71.8 Å². The van der Waals surface area contributed by atoms with Crippen molar-refractivity contribution >= 4 is 5.97 Å². The van der Waals surface area contributed by atoms with E-state index < -0.39 is 0 Å². The van der Waals surface area contributed by atoms with E-state index in [4.69, 9.17) is 4.74 Å². The van der Waals surface area contributed by atoms with Crippen LogP contribution in [0.25, 0.3) is 0 Å². The molecular weight excluding hydrogens is 200 g/mol. The first-order chi connectivity index (χ1) is 7.66. The fourth-order valence-corrected chi connectivity index (χ4v) is 1.43. The molecule has 0 atom stereocenters. The van der Waals surface area contributed by atoms with Crippen LogP contribution in [0.1, 0.15) is 65.7 Å². The van der Waals surface area contributed by atoms with Crippen molar-refractivity contribution in [3.05, 3.63) is 12.2 Å². The highest BCUT2D eigenvalue weighted by atomic mass is 16.5. The Morgan fingerprint density at radius 1 is 1.12 bits per heavy atom. The smallest absolute Gasteiger partial charge is 0.306 e. The van der Waals surface area contributed by atoms with Crippen LogP contribution >= 0.6 is 0 Å². The molecule has 0 aliphatic carbocycles. The minimum atomic E-state index is -0.0746. The second-order valence-electron chi connectivity index (χ2n) is 4.40. The number of esters is 1. The van der Waals surface area contributed by atoms with Gasteiger partial charge in [0, 0.05) is 6.42 Å². The predicted molar refractivity (Wildman–Crippen MR) is 68.4 cm³/mol. The lowest BCUT2D eigenvalue weighted by Crippen LogP contribution is -2.10. The topological polar surface area (TPSA) is 26.3 Å². The zero-order chi connectivity index (χ0) is 12.2. The van der Waals surface area contributed by atoms with Crippen LogP contribution in [0.2, 0.25) is 0 Å². The number of hydrogen-bond donors (Lipinski definition) is 0. The summed E-state index contributed by atoms with van der Waals surface area (Å²) in [7, 11) is 0. The predicted octanol–water partition coefficient (Wildman–Crippen LogP) is 4.24. The van der Waals surface area contributed by atoms with E-state index in [-0.39, 0.29) is 12.1 Å². The SMILES string of the molecule is CCCCC/C=C\CCCC(=O)OC(C)C. The zero-order valence-electron chi connectivity index (χ0n) is 11.0. The van der Waals surface area contributed by atoms with Gasteiger partial charge in [-0.2, -0.15) is 0 Å². The molecule has 0 unspecified atom stereocenters. The van der Waals surface area contributed by atoms with Crippen molar-refractivity contribution < 1.29 is 9.53 Å². The molecule has 0 aromatic carbocycles. The highest BCUT2D eigenvalue weighted by Gasteiger charge is 2.03. The van der Waals surface area contributed by atoms with Crippen molar-refractivity contribution in [2.75, 3.05) is 0 Å². The number of hydrogen-bond acceptors (Lipinski definition) is 2. The van der Waals surface area contributed by atoms with Crippen LogP contribution in [-0.4, -0.2) is 12.1 Å². The Bertz CT molecular complexity index is 195. The molecule has 0 N–H and O–H groups in total. The summed E-state index contributed by atoms with van der Waals surface area (Å²) in [5.74, 6) is -0.0746. The molecule has 0 radical (unpaired) electrons. The van der Waals surface area contributed by atoms with E-state index in [1.165, 1.54) is 25.7 Å². The van der Waals surface area contributed by atoms with Crippen LogP contribution in [0, 0.1) is 0 Å². The minimum Gasteiger partial charge on any atom is -0.463 e. The van der Waals surface area contributed by atoms with Gasteiger partial charge < -0.3 is 4.74 Å². The number of carbonyl (C=O) groups excluding carboxylic acids is 1. The normalized spacial score (nSPS) is 11.2. The Labute approximate surface area is 100 Å². The standard InChI is InChI=1S/C14H26O2/c1-4-5-6-7-8-9-10-11-12-14(15)16-13(2)3/h8-9,13H,4-7,10-12H2,1-3H3/b9-8-. The summed E-state index contributed by atoms with van der Waals surface area (Å²) in [6.45, 7) is 5.97. The molecule has 0 heterocycles. The molecule has 0 fully saturated rings. The third-order valence-corrected chi connectivity index (χ3v) is 2.26. The average Bonchev–Trinajstić information content (AvgIpc) is 2.21. The Morgan fingerprint density at radius 3 is 2.31 bits per heavy atom. The molecule has 0 spiro atoms. The highest BCUT2D eigenvalue weighted by Crippen LogP contribution is 2.04. The molecule has 0 amide bonds. The van der Waals surface area contributed by atoms with Crippen molar-refractivity contribution in [1.29, 1.82) is 0 Å². The molecule has 0 aromatic heterocycles. The number of allylic oxidation sites excluding steroid dienone is 2. The molecule has 0 aliphatic rings. The minimum absolute atomic E-state index is 0.0112. The van der Waals surface area contributed by atoms with Gasteiger partial charge in [-0.1, -0.05) is 31.9 Å². The molecule has 0 saturated carbocycles. The monoisotopic (exact) mass is 226 g/mol. The van der Waals surface area contributed by atoms with Gasteiger partial charge in [-0.3, -0.25) is 4.79 Å². The molecule has 0 aliphatic heterocycles. The first kappa shape index (κ1) is 15.2. The van der Waals surface area contributed by atoms with Crippen LogP contribution in [0.5, 0.6) is 0 Å². The lowest BCUT2D eigenvalue weighted by atomic mass is 10.1. The maximum atomic E-state index is 11.2. The third kappa shape index (κ3) is 11.3. The van der Waals surface area contributed by atoms with Crippen molar-refractivity contribution in [2.24, 2.45) is 0 Å². The second kappa shape index (κ2) is 10.7. The molecular formula is C14H26O2. The van der Waals surface area contributed by atoms with Gasteiger partial charge in [0.1, 0.15) is 0 Å². The van der Waals surface area contributed by atoms with Crippen LogP contribution in [-0.2, 0) is 9.53 Å². The number of carbonyl (C=O) groups is 1. The summed E-state index contributed by atoms with van der Waals surface area (Å²) >= 11 is 0. The Morgan fingerprint density at radius 2 is 1.75 bits per heavy atom. The molecule has 2 heteroatoms. The van der Waals surface area contributed by atoms with E-state index >= 15 is 0 Å². The first-order valence-corrected chi connectivity index (χ1v) is 6.51.